The molecule has 0 aromatic carbocycles. The zero-order valence-electron chi connectivity index (χ0n) is 11.4. The highest BCUT2D eigenvalue weighted by molar-refractivity contribution is 7.93. The fourth-order valence-corrected chi connectivity index (χ4v) is 4.00. The SMILES string of the molecule is CNCCn1nc(C)c(S(=O)(=O)Nc2nncs2)c1C. The van der Waals surface area contributed by atoms with Crippen LogP contribution in [0.5, 0.6) is 0 Å². The molecule has 2 heterocycles. The summed E-state index contributed by atoms with van der Waals surface area (Å²) in [7, 11) is -1.86. The van der Waals surface area contributed by atoms with Crippen LogP contribution < -0.4 is 10.0 Å². The molecular formula is C10H16N6O2S2. The predicted octanol–water partition coefficient (Wildman–Crippen LogP) is 0.372. The molecule has 2 aromatic heterocycles. The van der Waals surface area contributed by atoms with Gasteiger partial charge in [-0.1, -0.05) is 11.3 Å². The van der Waals surface area contributed by atoms with Gasteiger partial charge in [0.15, 0.2) is 0 Å². The Labute approximate surface area is 121 Å². The molecule has 0 atom stereocenters. The number of hydrogen-bond donors (Lipinski definition) is 2. The van der Waals surface area contributed by atoms with Gasteiger partial charge in [-0.25, -0.2) is 8.42 Å². The molecule has 20 heavy (non-hydrogen) atoms. The van der Waals surface area contributed by atoms with Crippen LogP contribution in [0.3, 0.4) is 0 Å². The van der Waals surface area contributed by atoms with E-state index in [0.717, 1.165) is 11.3 Å². The van der Waals surface area contributed by atoms with Crippen LogP contribution in [0.25, 0.3) is 0 Å². The maximum Gasteiger partial charge on any atom is 0.267 e. The third-order valence-corrected chi connectivity index (χ3v) is 5.07. The van der Waals surface area contributed by atoms with Gasteiger partial charge in [0.2, 0.25) is 5.13 Å². The first-order chi connectivity index (χ1) is 9.45. The fourth-order valence-electron chi connectivity index (χ4n) is 1.89. The molecule has 2 rings (SSSR count). The fraction of sp³-hybridized carbons (Fsp3) is 0.500. The van der Waals surface area contributed by atoms with E-state index in [4.69, 9.17) is 0 Å². The van der Waals surface area contributed by atoms with Crippen LogP contribution in [0.15, 0.2) is 10.4 Å². The van der Waals surface area contributed by atoms with Crippen LogP contribution in [0.4, 0.5) is 5.13 Å². The molecule has 0 aliphatic rings. The summed E-state index contributed by atoms with van der Waals surface area (Å²) < 4.78 is 28.9. The molecule has 0 fully saturated rings. The molecule has 0 aliphatic heterocycles. The normalized spacial score (nSPS) is 11.8. The number of nitrogens with zero attached hydrogens (tertiary/aromatic N) is 4. The molecule has 0 amide bonds. The molecule has 10 heteroatoms. The Balaban J connectivity index is 2.34. The second kappa shape index (κ2) is 5.85. The van der Waals surface area contributed by atoms with Crippen LogP contribution >= 0.6 is 11.3 Å². The topological polar surface area (TPSA) is 102 Å². The van der Waals surface area contributed by atoms with Crippen molar-refractivity contribution in [1.82, 2.24) is 25.3 Å². The molecule has 110 valence electrons. The van der Waals surface area contributed by atoms with E-state index < -0.39 is 10.0 Å². The molecule has 0 spiro atoms. The summed E-state index contributed by atoms with van der Waals surface area (Å²) in [5, 5.41) is 14.8. The largest absolute Gasteiger partial charge is 0.318 e. The first-order valence-electron chi connectivity index (χ1n) is 5.93. The lowest BCUT2D eigenvalue weighted by molar-refractivity contribution is 0.566. The van der Waals surface area contributed by atoms with Crippen molar-refractivity contribution in [3.05, 3.63) is 16.9 Å². The summed E-state index contributed by atoms with van der Waals surface area (Å²) in [6, 6.07) is 0. The maximum absolute atomic E-state index is 12.4. The van der Waals surface area contributed by atoms with E-state index in [1.54, 1.807) is 18.5 Å². The van der Waals surface area contributed by atoms with Crippen molar-refractivity contribution < 1.29 is 8.42 Å². The Bertz CT molecular complexity index is 677. The van der Waals surface area contributed by atoms with Gasteiger partial charge >= 0.3 is 0 Å². The van der Waals surface area contributed by atoms with Crippen molar-refractivity contribution in [3.8, 4) is 0 Å². The van der Waals surface area contributed by atoms with Crippen molar-refractivity contribution in [2.75, 3.05) is 18.3 Å². The van der Waals surface area contributed by atoms with Gasteiger partial charge in [0.1, 0.15) is 10.4 Å². The van der Waals surface area contributed by atoms with E-state index in [1.807, 2.05) is 7.05 Å². The molecule has 2 aromatic rings. The Morgan fingerprint density at radius 2 is 2.15 bits per heavy atom. The van der Waals surface area contributed by atoms with Gasteiger partial charge in [0, 0.05) is 6.54 Å². The van der Waals surface area contributed by atoms with Crippen molar-refractivity contribution in [2.45, 2.75) is 25.3 Å². The quantitative estimate of drug-likeness (QED) is 0.798. The van der Waals surface area contributed by atoms with E-state index in [1.165, 1.54) is 5.51 Å². The molecule has 0 bridgehead atoms. The van der Waals surface area contributed by atoms with Crippen LogP contribution in [0.1, 0.15) is 11.4 Å². The standard InChI is InChI=1S/C10H16N6O2S2/c1-7-9(8(2)16(14-7)5-4-11-3)20(17,18)15-10-13-12-6-19-10/h6,11H,4-5H2,1-3H3,(H,13,15). The van der Waals surface area contributed by atoms with Crippen molar-refractivity contribution in [2.24, 2.45) is 0 Å². The highest BCUT2D eigenvalue weighted by Crippen LogP contribution is 2.22. The van der Waals surface area contributed by atoms with Crippen molar-refractivity contribution in [1.29, 1.82) is 0 Å². The number of nitrogens with one attached hydrogen (secondary N) is 2. The van der Waals surface area contributed by atoms with Crippen LogP contribution in [-0.2, 0) is 16.6 Å². The van der Waals surface area contributed by atoms with Crippen LogP contribution in [-0.4, -0.2) is 42.0 Å². The third-order valence-electron chi connectivity index (χ3n) is 2.74. The van der Waals surface area contributed by atoms with Gasteiger partial charge < -0.3 is 5.32 Å². The monoisotopic (exact) mass is 316 g/mol. The van der Waals surface area contributed by atoms with Gasteiger partial charge in [-0.3, -0.25) is 9.40 Å². The Morgan fingerprint density at radius 3 is 2.75 bits per heavy atom. The maximum atomic E-state index is 12.4. The molecule has 0 saturated carbocycles. The summed E-state index contributed by atoms with van der Waals surface area (Å²) in [5.41, 5.74) is 2.54. The lowest BCUT2D eigenvalue weighted by Crippen LogP contribution is -2.18. The minimum absolute atomic E-state index is 0.198. The number of anilines is 1. The smallest absolute Gasteiger partial charge is 0.267 e. The first kappa shape index (κ1) is 14.9. The lowest BCUT2D eigenvalue weighted by Gasteiger charge is -2.06. The van der Waals surface area contributed by atoms with E-state index >= 15 is 0 Å². The number of likely N-dealkylation sites (N-methyl/N-ethyl adjacent to an activating group) is 1. The second-order valence-electron chi connectivity index (χ2n) is 4.18. The second-order valence-corrected chi connectivity index (χ2v) is 6.63. The number of aromatic nitrogens is 4. The van der Waals surface area contributed by atoms with Crippen LogP contribution in [0.2, 0.25) is 0 Å². The minimum Gasteiger partial charge on any atom is -0.318 e. The number of aryl methyl sites for hydroxylation is 1. The van der Waals surface area contributed by atoms with Crippen molar-refractivity contribution >= 4 is 26.5 Å². The number of sulfonamides is 1. The molecule has 0 aliphatic carbocycles. The van der Waals surface area contributed by atoms with Gasteiger partial charge in [-0.05, 0) is 20.9 Å². The average Bonchev–Trinajstić information content (AvgIpc) is 2.94. The molecular weight excluding hydrogens is 300 g/mol. The number of hydrogen-bond acceptors (Lipinski definition) is 7. The lowest BCUT2D eigenvalue weighted by atomic mass is 10.4. The Hall–Kier alpha value is -1.52. The Kier molecular flexibility index (Phi) is 4.35. The Morgan fingerprint density at radius 1 is 1.40 bits per heavy atom. The highest BCUT2D eigenvalue weighted by atomic mass is 32.2. The van der Waals surface area contributed by atoms with Crippen molar-refractivity contribution in [3.63, 3.8) is 0 Å². The minimum atomic E-state index is -3.69. The molecule has 0 unspecified atom stereocenters. The van der Waals surface area contributed by atoms with Gasteiger partial charge in [-0.15, -0.1) is 10.2 Å². The van der Waals surface area contributed by atoms with Crippen LogP contribution in [0, 0.1) is 13.8 Å². The highest BCUT2D eigenvalue weighted by Gasteiger charge is 2.25. The molecule has 0 radical (unpaired) electrons. The zero-order chi connectivity index (χ0) is 14.8. The summed E-state index contributed by atoms with van der Waals surface area (Å²) in [6.45, 7) is 4.74. The average molecular weight is 316 g/mol. The van der Waals surface area contributed by atoms with Gasteiger partial charge in [0.05, 0.1) is 17.9 Å². The molecule has 2 N–H and O–H groups in total. The predicted molar refractivity (Wildman–Crippen MR) is 76.3 cm³/mol. The zero-order valence-corrected chi connectivity index (χ0v) is 13.0. The van der Waals surface area contributed by atoms with E-state index in [0.29, 0.717) is 24.5 Å². The first-order valence-corrected chi connectivity index (χ1v) is 8.29. The summed E-state index contributed by atoms with van der Waals surface area (Å²) in [4.78, 5) is 0.198. The summed E-state index contributed by atoms with van der Waals surface area (Å²) in [6.07, 6.45) is 0. The third kappa shape index (κ3) is 2.97. The summed E-state index contributed by atoms with van der Waals surface area (Å²) >= 11 is 1.13. The van der Waals surface area contributed by atoms with E-state index in [9.17, 15) is 8.42 Å². The van der Waals surface area contributed by atoms with Gasteiger partial charge in [-0.2, -0.15) is 5.10 Å². The number of rotatable bonds is 6. The van der Waals surface area contributed by atoms with Gasteiger partial charge in [0.25, 0.3) is 10.0 Å². The summed E-state index contributed by atoms with van der Waals surface area (Å²) in [5.74, 6) is 0. The molecule has 8 nitrogen and oxygen atoms in total. The van der Waals surface area contributed by atoms with E-state index in [-0.39, 0.29) is 10.0 Å². The van der Waals surface area contributed by atoms with E-state index in [2.05, 4.69) is 25.3 Å². The molecule has 0 saturated heterocycles.